The van der Waals surface area contributed by atoms with Crippen LogP contribution in [0.5, 0.6) is 0 Å². The molecular weight excluding hydrogens is 352 g/mol. The van der Waals surface area contributed by atoms with E-state index in [9.17, 15) is 18.0 Å². The maximum Gasteiger partial charge on any atom is 0.326 e. The monoisotopic (exact) mass is 368 g/mol. The lowest BCUT2D eigenvalue weighted by Crippen LogP contribution is -2.45. The number of nitrogens with one attached hydrogen (secondary N) is 2. The van der Waals surface area contributed by atoms with Crippen LogP contribution in [0.3, 0.4) is 0 Å². The van der Waals surface area contributed by atoms with E-state index in [2.05, 4.69) is 10.0 Å². The van der Waals surface area contributed by atoms with Crippen molar-refractivity contribution in [1.29, 1.82) is 0 Å². The standard InChI is InChI=1S/C12H17ClN2O5S2/c1-2-3-4-8(12(17)18)15-10(16)7-14-22(19,20)11-6-5-9(13)21-11/h5-6,8,14H,2-4,7H2,1H3,(H,15,16)(H,17,18)/t8-/m0/s1. The Hall–Kier alpha value is -1.16. The molecule has 7 nitrogen and oxygen atoms in total. The highest BCUT2D eigenvalue weighted by atomic mass is 35.5. The van der Waals surface area contributed by atoms with E-state index < -0.39 is 34.5 Å². The van der Waals surface area contributed by atoms with Crippen LogP contribution in [0.25, 0.3) is 0 Å². The molecule has 10 heteroatoms. The normalized spacial score (nSPS) is 12.8. The van der Waals surface area contributed by atoms with E-state index in [1.807, 2.05) is 6.92 Å². The van der Waals surface area contributed by atoms with Gasteiger partial charge in [-0.15, -0.1) is 11.3 Å². The van der Waals surface area contributed by atoms with E-state index in [0.29, 0.717) is 17.2 Å². The highest BCUT2D eigenvalue weighted by Gasteiger charge is 2.21. The van der Waals surface area contributed by atoms with Gasteiger partial charge in [0.1, 0.15) is 10.3 Å². The van der Waals surface area contributed by atoms with Crippen molar-refractivity contribution in [2.24, 2.45) is 0 Å². The van der Waals surface area contributed by atoms with E-state index in [-0.39, 0.29) is 4.21 Å². The Bertz CT molecular complexity index is 629. The molecule has 124 valence electrons. The fourth-order valence-electron chi connectivity index (χ4n) is 1.58. The molecule has 0 spiro atoms. The highest BCUT2D eigenvalue weighted by Crippen LogP contribution is 2.25. The van der Waals surface area contributed by atoms with Gasteiger partial charge in [0, 0.05) is 0 Å². The molecular formula is C12H17ClN2O5S2. The second-order valence-electron chi connectivity index (χ2n) is 4.48. The zero-order chi connectivity index (χ0) is 16.8. The summed E-state index contributed by atoms with van der Waals surface area (Å²) in [5, 5.41) is 11.3. The maximum atomic E-state index is 11.9. The second-order valence-corrected chi connectivity index (χ2v) is 8.19. The summed E-state index contributed by atoms with van der Waals surface area (Å²) in [6, 6.07) is 1.74. The van der Waals surface area contributed by atoms with Crippen LogP contribution in [0.1, 0.15) is 26.2 Å². The van der Waals surface area contributed by atoms with Crippen LogP contribution in [0.4, 0.5) is 0 Å². The van der Waals surface area contributed by atoms with Crippen molar-refractivity contribution in [3.05, 3.63) is 16.5 Å². The number of hydrogen-bond donors (Lipinski definition) is 3. The third-order valence-electron chi connectivity index (χ3n) is 2.72. The molecule has 1 heterocycles. The van der Waals surface area contributed by atoms with Gasteiger partial charge in [-0.2, -0.15) is 0 Å². The Kier molecular flexibility index (Phi) is 7.27. The number of hydrogen-bond acceptors (Lipinski definition) is 5. The first-order valence-corrected chi connectivity index (χ1v) is 9.21. The summed E-state index contributed by atoms with van der Waals surface area (Å²) in [4.78, 5) is 22.7. The molecule has 1 aromatic rings. The van der Waals surface area contributed by atoms with Gasteiger partial charge in [0.2, 0.25) is 5.91 Å². The van der Waals surface area contributed by atoms with Gasteiger partial charge >= 0.3 is 5.97 Å². The summed E-state index contributed by atoms with van der Waals surface area (Å²) in [6.45, 7) is 1.37. The van der Waals surface area contributed by atoms with Crippen LogP contribution in [0, 0.1) is 0 Å². The zero-order valence-corrected chi connectivity index (χ0v) is 14.2. The topological polar surface area (TPSA) is 113 Å². The summed E-state index contributed by atoms with van der Waals surface area (Å²) in [5.74, 6) is -1.84. The van der Waals surface area contributed by atoms with Crippen molar-refractivity contribution in [2.75, 3.05) is 6.54 Å². The van der Waals surface area contributed by atoms with Crippen molar-refractivity contribution >= 4 is 44.8 Å². The smallest absolute Gasteiger partial charge is 0.326 e. The van der Waals surface area contributed by atoms with Crippen LogP contribution < -0.4 is 10.0 Å². The predicted molar refractivity (Wildman–Crippen MR) is 83.6 cm³/mol. The lowest BCUT2D eigenvalue weighted by Gasteiger charge is -2.14. The molecule has 1 amide bonds. The summed E-state index contributed by atoms with van der Waals surface area (Å²) in [7, 11) is -3.83. The Morgan fingerprint density at radius 2 is 2.09 bits per heavy atom. The molecule has 0 fully saturated rings. The minimum Gasteiger partial charge on any atom is -0.480 e. The molecule has 1 aromatic heterocycles. The van der Waals surface area contributed by atoms with Crippen LogP contribution >= 0.6 is 22.9 Å². The number of rotatable bonds is 9. The number of amides is 1. The Labute approximate surface area is 137 Å². The number of carboxylic acids is 1. The van der Waals surface area contributed by atoms with E-state index >= 15 is 0 Å². The lowest BCUT2D eigenvalue weighted by molar-refractivity contribution is -0.141. The summed E-state index contributed by atoms with van der Waals surface area (Å²) >= 11 is 6.53. The van der Waals surface area contributed by atoms with Crippen molar-refractivity contribution < 1.29 is 23.1 Å². The molecule has 0 saturated heterocycles. The molecule has 0 bridgehead atoms. The maximum absolute atomic E-state index is 11.9. The third kappa shape index (κ3) is 5.91. The van der Waals surface area contributed by atoms with E-state index in [1.165, 1.54) is 12.1 Å². The van der Waals surface area contributed by atoms with Crippen molar-refractivity contribution in [2.45, 2.75) is 36.4 Å². The first-order chi connectivity index (χ1) is 10.3. The summed E-state index contributed by atoms with van der Waals surface area (Å²) in [5.41, 5.74) is 0. The molecule has 0 unspecified atom stereocenters. The number of carbonyl (C=O) groups excluding carboxylic acids is 1. The average Bonchev–Trinajstić information content (AvgIpc) is 2.88. The lowest BCUT2D eigenvalue weighted by atomic mass is 10.1. The molecule has 1 rings (SSSR count). The summed E-state index contributed by atoms with van der Waals surface area (Å²) in [6.07, 6.45) is 1.74. The van der Waals surface area contributed by atoms with Gasteiger partial charge in [0.25, 0.3) is 10.0 Å². The quantitative estimate of drug-likeness (QED) is 0.610. The number of aliphatic carboxylic acids is 1. The Morgan fingerprint density at radius 3 is 2.59 bits per heavy atom. The fourth-order valence-corrected chi connectivity index (χ4v) is 4.09. The van der Waals surface area contributed by atoms with Gasteiger partial charge in [-0.1, -0.05) is 31.4 Å². The number of carboxylic acid groups (broad SMARTS) is 1. The van der Waals surface area contributed by atoms with Crippen molar-refractivity contribution in [3.63, 3.8) is 0 Å². The van der Waals surface area contributed by atoms with E-state index in [1.54, 1.807) is 0 Å². The van der Waals surface area contributed by atoms with Crippen LogP contribution in [0.2, 0.25) is 4.34 Å². The SMILES string of the molecule is CCCC[C@H](NC(=O)CNS(=O)(=O)c1ccc(Cl)s1)C(=O)O. The molecule has 0 aliphatic carbocycles. The van der Waals surface area contributed by atoms with Gasteiger partial charge in [0.05, 0.1) is 10.9 Å². The second kappa shape index (κ2) is 8.47. The Balaban J connectivity index is 2.56. The van der Waals surface area contributed by atoms with E-state index in [4.69, 9.17) is 16.7 Å². The van der Waals surface area contributed by atoms with Gasteiger partial charge in [0.15, 0.2) is 0 Å². The number of thiophene rings is 1. The van der Waals surface area contributed by atoms with Crippen molar-refractivity contribution in [1.82, 2.24) is 10.0 Å². The molecule has 0 aromatic carbocycles. The minimum atomic E-state index is -3.83. The Morgan fingerprint density at radius 1 is 1.41 bits per heavy atom. The molecule has 1 atom stereocenters. The van der Waals surface area contributed by atoms with Crippen LogP contribution in [-0.2, 0) is 19.6 Å². The van der Waals surface area contributed by atoms with Gasteiger partial charge in [-0.25, -0.2) is 17.9 Å². The number of carbonyl (C=O) groups is 2. The van der Waals surface area contributed by atoms with Crippen LogP contribution in [0.15, 0.2) is 16.3 Å². The molecule has 22 heavy (non-hydrogen) atoms. The highest BCUT2D eigenvalue weighted by molar-refractivity contribution is 7.91. The first-order valence-electron chi connectivity index (χ1n) is 6.53. The molecule has 0 saturated carbocycles. The van der Waals surface area contributed by atoms with Gasteiger partial charge in [-0.3, -0.25) is 4.79 Å². The van der Waals surface area contributed by atoms with E-state index in [0.717, 1.165) is 17.8 Å². The van der Waals surface area contributed by atoms with Gasteiger partial charge < -0.3 is 10.4 Å². The minimum absolute atomic E-state index is 0.00827. The molecule has 0 aliphatic heterocycles. The number of sulfonamides is 1. The first kappa shape index (κ1) is 18.9. The number of halogens is 1. The fraction of sp³-hybridized carbons (Fsp3) is 0.500. The number of unbranched alkanes of at least 4 members (excludes halogenated alkanes) is 1. The molecule has 3 N–H and O–H groups in total. The molecule has 0 aliphatic rings. The average molecular weight is 369 g/mol. The zero-order valence-electron chi connectivity index (χ0n) is 11.8. The van der Waals surface area contributed by atoms with Gasteiger partial charge in [-0.05, 0) is 18.6 Å². The van der Waals surface area contributed by atoms with Crippen molar-refractivity contribution in [3.8, 4) is 0 Å². The largest absolute Gasteiger partial charge is 0.480 e. The van der Waals surface area contributed by atoms with Crippen LogP contribution in [-0.4, -0.2) is 38.0 Å². The summed E-state index contributed by atoms with van der Waals surface area (Å²) < 4.78 is 26.2. The third-order valence-corrected chi connectivity index (χ3v) is 5.84. The molecule has 0 radical (unpaired) electrons. The predicted octanol–water partition coefficient (Wildman–Crippen LogP) is 1.44.